The van der Waals surface area contributed by atoms with E-state index in [1.54, 1.807) is 51.1 Å². The Bertz CT molecular complexity index is 1670. The quantitative estimate of drug-likeness (QED) is 0.400. The zero-order valence-corrected chi connectivity index (χ0v) is 28.1. The topological polar surface area (TPSA) is 139 Å². The molecule has 2 aromatic carbocycles. The zero-order valence-electron chi connectivity index (χ0n) is 26.5. The molecule has 0 radical (unpaired) electrons. The summed E-state index contributed by atoms with van der Waals surface area (Å²) < 4.78 is 34.9. The molecule has 4 atom stereocenters. The first-order valence-corrected chi connectivity index (χ1v) is 17.8. The number of nitrogens with zero attached hydrogens (tertiary/aromatic N) is 1. The SMILES string of the molecule is CC(C)(C)OC(=O)N[C@H]1CCCCC/C=C\[C@@H]2C[C@@]2(C(=O)NS(=O)(=O)c2cccc3c(Cl)cccc23)CC(=O)[C@@H]2CCCN2C1=O. The number of Topliss-reactive ketones (excluding diaryl/α,β-unsaturated/α-hetero) is 1. The fraction of sp³-hybridized carbons (Fsp3) is 0.529. The zero-order chi connectivity index (χ0) is 33.3. The third-order valence-electron chi connectivity index (χ3n) is 9.05. The van der Waals surface area contributed by atoms with Gasteiger partial charge in [0.1, 0.15) is 11.6 Å². The molecule has 2 fully saturated rings. The van der Waals surface area contributed by atoms with Gasteiger partial charge in [-0.05, 0) is 77.3 Å². The van der Waals surface area contributed by atoms with Gasteiger partial charge in [-0.25, -0.2) is 17.9 Å². The Morgan fingerprint density at radius 2 is 1.74 bits per heavy atom. The number of ketones is 1. The average Bonchev–Trinajstić information content (AvgIpc) is 3.44. The number of alkyl carbamates (subject to hydrolysis) is 1. The molecule has 3 aliphatic rings. The summed E-state index contributed by atoms with van der Waals surface area (Å²) >= 11 is 6.30. The highest BCUT2D eigenvalue weighted by atomic mass is 35.5. The molecule has 0 unspecified atom stereocenters. The van der Waals surface area contributed by atoms with Gasteiger partial charge >= 0.3 is 6.09 Å². The summed E-state index contributed by atoms with van der Waals surface area (Å²) in [6.45, 7) is 5.58. The van der Waals surface area contributed by atoms with Crippen LogP contribution in [-0.2, 0) is 29.1 Å². The van der Waals surface area contributed by atoms with E-state index in [9.17, 15) is 27.6 Å². The lowest BCUT2D eigenvalue weighted by Gasteiger charge is -2.30. The molecule has 1 aliphatic carbocycles. The van der Waals surface area contributed by atoms with E-state index in [1.165, 1.54) is 11.0 Å². The Balaban J connectivity index is 1.39. The van der Waals surface area contributed by atoms with E-state index in [0.29, 0.717) is 54.4 Å². The van der Waals surface area contributed by atoms with Gasteiger partial charge < -0.3 is 15.0 Å². The number of nitrogens with one attached hydrogen (secondary N) is 2. The predicted molar refractivity (Wildman–Crippen MR) is 175 cm³/mol. The number of hydrogen-bond acceptors (Lipinski definition) is 7. The molecule has 248 valence electrons. The number of halogens is 1. The van der Waals surface area contributed by atoms with Crippen LogP contribution < -0.4 is 10.0 Å². The van der Waals surface area contributed by atoms with Gasteiger partial charge in [-0.1, -0.05) is 60.9 Å². The number of hydrogen-bond donors (Lipinski definition) is 2. The smallest absolute Gasteiger partial charge is 0.408 e. The number of carbonyl (C=O) groups is 4. The molecular formula is C34H42ClN3O7S. The van der Waals surface area contributed by atoms with Crippen LogP contribution in [0.3, 0.4) is 0 Å². The molecule has 2 heterocycles. The predicted octanol–water partition coefficient (Wildman–Crippen LogP) is 5.67. The maximum Gasteiger partial charge on any atom is 0.408 e. The Kier molecular flexibility index (Phi) is 9.84. The standard InChI is InChI=1S/C34H42ClN3O7S/c1-33(2,3)45-32(42)36-26-16-8-6-4-5-7-12-22-20-34(22,21-28(39)27-17-11-19-38(27)30(26)40)31(41)37-46(43,44)29-18-10-13-23-24(29)14-9-15-25(23)35/h7,9-10,12-15,18,22,26-27H,4-6,8,11,16-17,19-21H2,1-3H3,(H,36,42)(H,37,41)/b12-7-/t22-,26+,27+,34-/m1/s1. The first kappa shape index (κ1) is 33.9. The molecule has 10 nitrogen and oxygen atoms in total. The normalized spacial score (nSPS) is 26.7. The van der Waals surface area contributed by atoms with Gasteiger partial charge in [0, 0.05) is 28.8 Å². The second-order valence-electron chi connectivity index (χ2n) is 13.6. The Morgan fingerprint density at radius 3 is 2.50 bits per heavy atom. The van der Waals surface area contributed by atoms with Crippen LogP contribution in [0.5, 0.6) is 0 Å². The number of rotatable bonds is 4. The number of ether oxygens (including phenoxy) is 1. The highest BCUT2D eigenvalue weighted by Gasteiger charge is 2.61. The second-order valence-corrected chi connectivity index (χ2v) is 15.6. The van der Waals surface area contributed by atoms with E-state index in [2.05, 4.69) is 10.0 Å². The number of benzene rings is 2. The van der Waals surface area contributed by atoms with Gasteiger partial charge in [-0.3, -0.25) is 14.4 Å². The lowest BCUT2D eigenvalue weighted by molar-refractivity contribution is -0.140. The summed E-state index contributed by atoms with van der Waals surface area (Å²) in [6, 6.07) is 8.01. The Morgan fingerprint density at radius 1 is 1.00 bits per heavy atom. The van der Waals surface area contributed by atoms with Crippen LogP contribution in [0.4, 0.5) is 4.79 Å². The number of sulfonamides is 1. The largest absolute Gasteiger partial charge is 0.444 e. The summed E-state index contributed by atoms with van der Waals surface area (Å²) in [7, 11) is -4.32. The van der Waals surface area contributed by atoms with Crippen molar-refractivity contribution in [3.63, 3.8) is 0 Å². The first-order valence-electron chi connectivity index (χ1n) is 16.0. The van der Waals surface area contributed by atoms with Crippen molar-refractivity contribution >= 4 is 56.1 Å². The van der Waals surface area contributed by atoms with Crippen molar-refractivity contribution in [1.82, 2.24) is 14.9 Å². The lowest BCUT2D eigenvalue weighted by atomic mass is 9.91. The molecule has 0 spiro atoms. The summed E-state index contributed by atoms with van der Waals surface area (Å²) in [5.74, 6) is -1.69. The van der Waals surface area contributed by atoms with Gasteiger partial charge in [0.25, 0.3) is 10.0 Å². The fourth-order valence-corrected chi connectivity index (χ4v) is 8.16. The molecule has 2 aromatic rings. The monoisotopic (exact) mass is 671 g/mol. The van der Waals surface area contributed by atoms with Crippen LogP contribution in [0, 0.1) is 11.3 Å². The van der Waals surface area contributed by atoms with Crippen molar-refractivity contribution in [2.24, 2.45) is 11.3 Å². The fourth-order valence-electron chi connectivity index (χ4n) is 6.64. The van der Waals surface area contributed by atoms with Gasteiger partial charge in [-0.2, -0.15) is 0 Å². The van der Waals surface area contributed by atoms with Gasteiger partial charge in [0.2, 0.25) is 11.8 Å². The molecule has 1 saturated carbocycles. The maximum absolute atomic E-state index is 13.9. The Labute approximate surface area is 275 Å². The van der Waals surface area contributed by atoms with Crippen LogP contribution in [0.1, 0.15) is 78.6 Å². The van der Waals surface area contributed by atoms with Crippen molar-refractivity contribution in [2.45, 2.75) is 101 Å². The van der Waals surface area contributed by atoms with Crippen LogP contribution in [0.2, 0.25) is 5.02 Å². The van der Waals surface area contributed by atoms with Crippen LogP contribution >= 0.6 is 11.6 Å². The molecule has 12 heteroatoms. The minimum absolute atomic E-state index is 0.0791. The molecule has 1 saturated heterocycles. The number of fused-ring (bicyclic) bond motifs is 3. The first-order chi connectivity index (χ1) is 21.7. The average molecular weight is 672 g/mol. The van der Waals surface area contributed by atoms with E-state index >= 15 is 0 Å². The molecule has 2 N–H and O–H groups in total. The van der Waals surface area contributed by atoms with Gasteiger partial charge in [-0.15, -0.1) is 0 Å². The van der Waals surface area contributed by atoms with E-state index in [1.807, 2.05) is 12.2 Å². The van der Waals surface area contributed by atoms with E-state index in [4.69, 9.17) is 16.3 Å². The van der Waals surface area contributed by atoms with Crippen molar-refractivity contribution in [2.75, 3.05) is 6.54 Å². The maximum atomic E-state index is 13.9. The molecule has 2 aliphatic heterocycles. The summed E-state index contributed by atoms with van der Waals surface area (Å²) in [4.78, 5) is 55.7. The summed E-state index contributed by atoms with van der Waals surface area (Å²) in [6.07, 6.45) is 7.82. The highest BCUT2D eigenvalue weighted by Crippen LogP contribution is 2.57. The van der Waals surface area contributed by atoms with Gasteiger partial charge in [0.05, 0.1) is 16.4 Å². The lowest BCUT2D eigenvalue weighted by Crippen LogP contribution is -2.52. The van der Waals surface area contributed by atoms with Crippen LogP contribution in [0.15, 0.2) is 53.4 Å². The van der Waals surface area contributed by atoms with Gasteiger partial charge in [0.15, 0.2) is 5.78 Å². The van der Waals surface area contributed by atoms with Crippen molar-refractivity contribution < 1.29 is 32.3 Å². The van der Waals surface area contributed by atoms with Crippen LogP contribution in [-0.4, -0.2) is 61.2 Å². The summed E-state index contributed by atoms with van der Waals surface area (Å²) in [5.41, 5.74) is -2.00. The highest BCUT2D eigenvalue weighted by molar-refractivity contribution is 7.90. The molecule has 0 aromatic heterocycles. The number of carbonyl (C=O) groups excluding carboxylic acids is 4. The van der Waals surface area contributed by atoms with E-state index in [-0.39, 0.29) is 28.9 Å². The molecule has 5 rings (SSSR count). The van der Waals surface area contributed by atoms with E-state index in [0.717, 1.165) is 19.3 Å². The van der Waals surface area contributed by atoms with Crippen molar-refractivity contribution in [3.8, 4) is 0 Å². The molecule has 0 bridgehead atoms. The number of amides is 3. The third-order valence-corrected chi connectivity index (χ3v) is 10.8. The summed E-state index contributed by atoms with van der Waals surface area (Å²) in [5, 5.41) is 4.04. The van der Waals surface area contributed by atoms with Crippen molar-refractivity contribution in [1.29, 1.82) is 0 Å². The van der Waals surface area contributed by atoms with Crippen molar-refractivity contribution in [3.05, 3.63) is 53.6 Å². The Hall–Kier alpha value is -3.44. The molecule has 46 heavy (non-hydrogen) atoms. The second kappa shape index (κ2) is 13.4. The molecular weight excluding hydrogens is 630 g/mol. The van der Waals surface area contributed by atoms with E-state index < -0.39 is 45.1 Å². The molecule has 3 amide bonds. The van der Waals surface area contributed by atoms with Crippen LogP contribution in [0.25, 0.3) is 10.8 Å². The third kappa shape index (κ3) is 7.41. The minimum Gasteiger partial charge on any atom is -0.444 e. The number of allylic oxidation sites excluding steroid dienone is 2. The minimum atomic E-state index is -4.32.